The van der Waals surface area contributed by atoms with E-state index in [-0.39, 0.29) is 6.61 Å². The van der Waals surface area contributed by atoms with Crippen molar-refractivity contribution in [3.05, 3.63) is 59.3 Å². The Kier molecular flexibility index (Phi) is 4.75. The molecule has 0 fully saturated rings. The molecule has 5 nitrogen and oxygen atoms in total. The van der Waals surface area contributed by atoms with Gasteiger partial charge < -0.3 is 14.4 Å². The van der Waals surface area contributed by atoms with Crippen molar-refractivity contribution in [2.45, 2.75) is 0 Å². The molecule has 1 N–H and O–H groups in total. The normalized spacial score (nSPS) is 12.1. The Labute approximate surface area is 180 Å². The summed E-state index contributed by atoms with van der Waals surface area (Å²) >= 11 is 3.40. The molecule has 0 saturated carbocycles. The van der Waals surface area contributed by atoms with Crippen LogP contribution in [0.4, 0.5) is 5.69 Å². The van der Waals surface area contributed by atoms with Crippen molar-refractivity contribution >= 4 is 70.6 Å². The van der Waals surface area contributed by atoms with Gasteiger partial charge in [0, 0.05) is 38.9 Å². The Hall–Kier alpha value is -3.18. The van der Waals surface area contributed by atoms with Crippen molar-refractivity contribution in [3.63, 3.8) is 0 Å². The highest BCUT2D eigenvalue weighted by molar-refractivity contribution is 7.33. The maximum atomic E-state index is 9.66. The Bertz CT molecular complexity index is 1420. The third-order valence-electron chi connectivity index (χ3n) is 4.95. The molecule has 0 radical (unpaired) electrons. The summed E-state index contributed by atoms with van der Waals surface area (Å²) in [5.74, 6) is 0.344. The summed E-state index contributed by atoms with van der Waals surface area (Å²) in [6.07, 6.45) is 1.84. The molecule has 2 aromatic carbocycles. The van der Waals surface area contributed by atoms with Gasteiger partial charge in [0.05, 0.1) is 11.3 Å². The van der Waals surface area contributed by atoms with E-state index >= 15 is 0 Å². The Morgan fingerprint density at radius 1 is 1.20 bits per heavy atom. The van der Waals surface area contributed by atoms with Crippen molar-refractivity contribution < 1.29 is 9.52 Å². The molecule has 148 valence electrons. The van der Waals surface area contributed by atoms with E-state index in [1.54, 1.807) is 22.7 Å². The number of likely N-dealkylation sites (N-methyl/N-ethyl adjacent to an activating group) is 1. The Balaban J connectivity index is 1.53. The average Bonchev–Trinajstić information content (AvgIpc) is 3.43. The molecule has 5 aromatic rings. The minimum atomic E-state index is 0.130. The van der Waals surface area contributed by atoms with Crippen LogP contribution in [0.15, 0.2) is 52.9 Å². The molecule has 0 bridgehead atoms. The molecule has 0 saturated heterocycles. The number of nitriles is 1. The highest BCUT2D eigenvalue weighted by Crippen LogP contribution is 2.41. The average molecular weight is 432 g/mol. The van der Waals surface area contributed by atoms with Crippen LogP contribution < -0.4 is 4.90 Å². The molecule has 3 aromatic heterocycles. The van der Waals surface area contributed by atoms with Crippen molar-refractivity contribution in [2.24, 2.45) is 0 Å². The lowest BCUT2D eigenvalue weighted by Gasteiger charge is -2.17. The van der Waals surface area contributed by atoms with Crippen molar-refractivity contribution in [1.82, 2.24) is 4.98 Å². The highest BCUT2D eigenvalue weighted by Gasteiger charge is 2.14. The molecule has 7 heteroatoms. The van der Waals surface area contributed by atoms with Gasteiger partial charge in [-0.2, -0.15) is 5.26 Å². The molecule has 0 aliphatic rings. The lowest BCUT2D eigenvalue weighted by Crippen LogP contribution is -2.20. The molecule has 0 unspecified atom stereocenters. The van der Waals surface area contributed by atoms with Gasteiger partial charge in [0.25, 0.3) is 0 Å². The number of oxazole rings is 1. The number of aliphatic hydroxyl groups excluding tert-OH is 1. The van der Waals surface area contributed by atoms with Crippen LogP contribution in [0.5, 0.6) is 0 Å². The number of nitrogens with zero attached hydrogens (tertiary/aromatic N) is 3. The SMILES string of the molecule is CN(CCO)c1ccc2c(c1)sc1cc(/C=C(/C#N)c3nc4ccccc4o3)sc12. The van der Waals surface area contributed by atoms with Crippen molar-refractivity contribution in [1.29, 1.82) is 5.26 Å². The first kappa shape index (κ1) is 18.8. The zero-order valence-corrected chi connectivity index (χ0v) is 17.8. The Morgan fingerprint density at radius 2 is 2.07 bits per heavy atom. The number of aromatic nitrogens is 1. The summed E-state index contributed by atoms with van der Waals surface area (Å²) in [5.41, 5.74) is 2.92. The number of benzene rings is 2. The van der Waals surface area contributed by atoms with Crippen molar-refractivity contribution in [3.8, 4) is 6.07 Å². The van der Waals surface area contributed by atoms with E-state index in [1.807, 2.05) is 42.3 Å². The second kappa shape index (κ2) is 7.58. The van der Waals surface area contributed by atoms with Crippen LogP contribution in [-0.4, -0.2) is 30.3 Å². The lowest BCUT2D eigenvalue weighted by molar-refractivity contribution is 0.304. The molecule has 0 amide bonds. The topological polar surface area (TPSA) is 73.3 Å². The van der Waals surface area contributed by atoms with Gasteiger partial charge in [-0.15, -0.1) is 22.7 Å². The van der Waals surface area contributed by atoms with Crippen LogP contribution >= 0.6 is 22.7 Å². The van der Waals surface area contributed by atoms with E-state index in [0.29, 0.717) is 23.6 Å². The first-order valence-corrected chi connectivity index (χ1v) is 11.1. The summed E-state index contributed by atoms with van der Waals surface area (Å²) in [6, 6.07) is 18.2. The molecule has 3 heterocycles. The Morgan fingerprint density at radius 3 is 2.87 bits per heavy atom. The molecule has 0 aliphatic heterocycles. The van der Waals surface area contributed by atoms with Crippen LogP contribution in [0.3, 0.4) is 0 Å². The fourth-order valence-electron chi connectivity index (χ4n) is 3.42. The van der Waals surface area contributed by atoms with E-state index in [4.69, 9.17) is 9.52 Å². The lowest BCUT2D eigenvalue weighted by atomic mass is 10.2. The van der Waals surface area contributed by atoms with E-state index in [0.717, 1.165) is 16.1 Å². The first-order valence-electron chi connectivity index (χ1n) is 9.42. The second-order valence-corrected chi connectivity index (χ2v) is 9.09. The van der Waals surface area contributed by atoms with Gasteiger partial charge in [0.1, 0.15) is 17.2 Å². The molecule has 30 heavy (non-hydrogen) atoms. The molecule has 0 spiro atoms. The smallest absolute Gasteiger partial charge is 0.238 e. The van der Waals surface area contributed by atoms with Crippen LogP contribution in [0, 0.1) is 11.3 Å². The fraction of sp³-hybridized carbons (Fsp3) is 0.130. The standard InChI is InChI=1S/C23H17N3O2S2/c1-26(8-9-27)15-6-7-17-20(11-15)30-21-12-16(29-22(17)21)10-14(13-24)23-25-18-4-2-3-5-19(18)28-23/h2-7,10-12,27H,8-9H2,1H3/b14-10-. The minimum Gasteiger partial charge on any atom is -0.435 e. The van der Waals surface area contributed by atoms with E-state index in [2.05, 4.69) is 35.3 Å². The number of rotatable bonds is 5. The number of hydrogen-bond donors (Lipinski definition) is 1. The van der Waals surface area contributed by atoms with Gasteiger partial charge in [-0.25, -0.2) is 4.98 Å². The maximum Gasteiger partial charge on any atom is 0.238 e. The van der Waals surface area contributed by atoms with E-state index in [9.17, 15) is 5.26 Å². The number of para-hydroxylation sites is 2. The van der Waals surface area contributed by atoms with E-state index in [1.165, 1.54) is 19.5 Å². The fourth-order valence-corrected chi connectivity index (χ4v) is 5.93. The van der Waals surface area contributed by atoms with Gasteiger partial charge in [0.15, 0.2) is 5.58 Å². The van der Waals surface area contributed by atoms with Crippen LogP contribution in [-0.2, 0) is 0 Å². The number of anilines is 1. The molecule has 0 atom stereocenters. The van der Waals surface area contributed by atoms with Gasteiger partial charge in [-0.3, -0.25) is 0 Å². The summed E-state index contributed by atoms with van der Waals surface area (Å²) in [6.45, 7) is 0.734. The van der Waals surface area contributed by atoms with Gasteiger partial charge >= 0.3 is 0 Å². The quantitative estimate of drug-likeness (QED) is 0.359. The third kappa shape index (κ3) is 3.25. The third-order valence-corrected chi connectivity index (χ3v) is 7.30. The van der Waals surface area contributed by atoms with Crippen LogP contribution in [0.2, 0.25) is 0 Å². The minimum absolute atomic E-state index is 0.130. The van der Waals surface area contributed by atoms with Gasteiger partial charge in [-0.05, 0) is 36.4 Å². The molecule has 0 aliphatic carbocycles. The zero-order chi connectivity index (χ0) is 20.7. The number of thiophene rings is 2. The number of allylic oxidation sites excluding steroid dienone is 1. The summed E-state index contributed by atoms with van der Waals surface area (Å²) in [5, 5.41) is 20.0. The summed E-state index contributed by atoms with van der Waals surface area (Å²) in [7, 11) is 1.98. The van der Waals surface area contributed by atoms with Gasteiger partial charge in [-0.1, -0.05) is 18.2 Å². The van der Waals surface area contributed by atoms with Crippen LogP contribution in [0.25, 0.3) is 42.2 Å². The molecular weight excluding hydrogens is 414 g/mol. The highest BCUT2D eigenvalue weighted by atomic mass is 32.1. The monoisotopic (exact) mass is 431 g/mol. The van der Waals surface area contributed by atoms with Gasteiger partial charge in [0.2, 0.25) is 5.89 Å². The predicted molar refractivity (Wildman–Crippen MR) is 125 cm³/mol. The zero-order valence-electron chi connectivity index (χ0n) is 16.1. The number of hydrogen-bond acceptors (Lipinski definition) is 7. The largest absolute Gasteiger partial charge is 0.435 e. The van der Waals surface area contributed by atoms with Crippen LogP contribution in [0.1, 0.15) is 10.8 Å². The molecular formula is C23H17N3O2S2. The first-order chi connectivity index (χ1) is 14.7. The summed E-state index contributed by atoms with van der Waals surface area (Å²) in [4.78, 5) is 7.48. The molecule has 5 rings (SSSR count). The maximum absolute atomic E-state index is 9.66. The second-order valence-electron chi connectivity index (χ2n) is 6.93. The summed E-state index contributed by atoms with van der Waals surface area (Å²) < 4.78 is 9.38. The predicted octanol–water partition coefficient (Wildman–Crippen LogP) is 5.75. The van der Waals surface area contributed by atoms with Crippen molar-refractivity contribution in [2.75, 3.05) is 25.1 Å². The van der Waals surface area contributed by atoms with E-state index < -0.39 is 0 Å². The number of fused-ring (bicyclic) bond motifs is 4. The number of aliphatic hydroxyl groups is 1.